The third-order valence-electron chi connectivity index (χ3n) is 2.82. The number of urea groups is 1. The molecule has 2 amide bonds. The molecule has 0 saturated carbocycles. The van der Waals surface area contributed by atoms with E-state index in [1.165, 1.54) is 4.90 Å². The van der Waals surface area contributed by atoms with Crippen molar-refractivity contribution in [2.45, 2.75) is 0 Å². The van der Waals surface area contributed by atoms with E-state index in [-0.39, 0.29) is 6.61 Å². The molecule has 2 aromatic rings. The quantitative estimate of drug-likeness (QED) is 0.879. The second kappa shape index (κ2) is 7.14. The molecule has 2 N–H and O–H groups in total. The number of rotatable bonds is 6. The first kappa shape index (κ1) is 14.6. The number of nitrogens with zero attached hydrogens (tertiary/aromatic N) is 2. The lowest BCUT2D eigenvalue weighted by molar-refractivity contribution is 0.250. The summed E-state index contributed by atoms with van der Waals surface area (Å²) in [5.74, 6) is 1.18. The van der Waals surface area contributed by atoms with E-state index in [4.69, 9.17) is 15.2 Å². The number of pyridine rings is 1. The van der Waals surface area contributed by atoms with Gasteiger partial charge in [-0.15, -0.1) is 0 Å². The summed E-state index contributed by atoms with van der Waals surface area (Å²) < 4.78 is 10.8. The highest BCUT2D eigenvalue weighted by atomic mass is 16.5. The average molecular weight is 286 g/mol. The van der Waals surface area contributed by atoms with Gasteiger partial charge < -0.3 is 15.2 Å². The van der Waals surface area contributed by atoms with Gasteiger partial charge in [-0.1, -0.05) is 6.07 Å². The minimum Gasteiger partial charge on any atom is -0.493 e. The molecule has 6 heteroatoms. The van der Waals surface area contributed by atoms with Gasteiger partial charge in [0.1, 0.15) is 6.61 Å². The highest BCUT2D eigenvalue weighted by Gasteiger charge is 2.12. The lowest BCUT2D eigenvalue weighted by Crippen LogP contribution is -2.38. The lowest BCUT2D eigenvalue weighted by atomic mass is 10.3. The number of amides is 2. The molecule has 0 atom stereocenters. The predicted octanol–water partition coefficient (Wildman–Crippen LogP) is 1.85. The van der Waals surface area contributed by atoms with Crippen LogP contribution < -0.4 is 20.1 Å². The number of hydrogen-bond acceptors (Lipinski definition) is 4. The molecule has 1 aromatic carbocycles. The number of aromatic nitrogens is 1. The van der Waals surface area contributed by atoms with E-state index >= 15 is 0 Å². The Morgan fingerprint density at radius 3 is 2.76 bits per heavy atom. The molecule has 109 valence electrons. The summed E-state index contributed by atoms with van der Waals surface area (Å²) in [6.07, 6.45) is 3.20. The summed E-state index contributed by atoms with van der Waals surface area (Å²) in [6.45, 7) is 0.604. The monoisotopic (exact) mass is 286 g/mol. The summed E-state index contributed by atoms with van der Waals surface area (Å²) in [5.41, 5.74) is 6.06. The van der Waals surface area contributed by atoms with Crippen LogP contribution in [-0.4, -0.2) is 31.3 Å². The van der Waals surface area contributed by atoms with E-state index in [0.29, 0.717) is 23.7 Å². The second-order valence-corrected chi connectivity index (χ2v) is 4.12. The summed E-state index contributed by atoms with van der Waals surface area (Å²) in [7, 11) is 1.56. The van der Waals surface area contributed by atoms with Crippen molar-refractivity contribution in [3.63, 3.8) is 0 Å². The summed E-state index contributed by atoms with van der Waals surface area (Å²) in [6, 6.07) is 10.9. The molecule has 6 nitrogen and oxygen atoms in total. The summed E-state index contributed by atoms with van der Waals surface area (Å²) in [4.78, 5) is 16.8. The Hall–Kier alpha value is -2.76. The zero-order valence-electron chi connectivity index (χ0n) is 11.7. The maximum atomic E-state index is 11.5. The number of methoxy groups -OCH3 is 1. The summed E-state index contributed by atoms with van der Waals surface area (Å²) >= 11 is 0. The van der Waals surface area contributed by atoms with Crippen LogP contribution in [-0.2, 0) is 0 Å². The third-order valence-corrected chi connectivity index (χ3v) is 2.82. The molecule has 0 aliphatic heterocycles. The van der Waals surface area contributed by atoms with E-state index in [1.54, 1.807) is 49.8 Å². The molecule has 0 spiro atoms. The number of anilines is 1. The van der Waals surface area contributed by atoms with Crippen LogP contribution in [0.25, 0.3) is 0 Å². The Bertz CT molecular complexity index is 590. The Kier molecular flexibility index (Phi) is 4.98. The number of carbonyl (C=O) groups excluding carboxylic acids is 1. The third kappa shape index (κ3) is 3.85. The van der Waals surface area contributed by atoms with Crippen LogP contribution in [0.3, 0.4) is 0 Å². The van der Waals surface area contributed by atoms with Gasteiger partial charge in [0.2, 0.25) is 0 Å². The standard InChI is InChI=1S/C15H16N3O3/c1-20-13-4-2-3-5-14(13)21-11-10-18(15(16)19)12-6-8-17-9-7-12/h3-9H,10-11H2,1H3,(H2,16,19). The van der Waals surface area contributed by atoms with Gasteiger partial charge in [-0.3, -0.25) is 9.88 Å². The largest absolute Gasteiger partial charge is 0.493 e. The van der Waals surface area contributed by atoms with Crippen LogP contribution in [0.1, 0.15) is 0 Å². The van der Waals surface area contributed by atoms with Crippen LogP contribution in [0.2, 0.25) is 0 Å². The fourth-order valence-corrected chi connectivity index (χ4v) is 1.82. The fraction of sp³-hybridized carbons (Fsp3) is 0.200. The molecule has 21 heavy (non-hydrogen) atoms. The number of nitrogens with two attached hydrogens (primary N) is 1. The van der Waals surface area contributed by atoms with E-state index in [2.05, 4.69) is 11.1 Å². The Labute approximate surface area is 123 Å². The second-order valence-electron chi connectivity index (χ2n) is 4.12. The number of hydrogen-bond donors (Lipinski definition) is 1. The Morgan fingerprint density at radius 1 is 1.33 bits per heavy atom. The number of carbonyl (C=O) groups is 1. The maximum Gasteiger partial charge on any atom is 0.319 e. The van der Waals surface area contributed by atoms with Crippen molar-refractivity contribution in [3.05, 3.63) is 48.8 Å². The van der Waals surface area contributed by atoms with Gasteiger partial charge in [-0.05, 0) is 30.3 Å². The number of ether oxygens (including phenoxy) is 2. The number of benzene rings is 1. The minimum atomic E-state index is -0.543. The normalized spacial score (nSPS) is 9.95. The molecular formula is C15H16N3O3. The van der Waals surface area contributed by atoms with Gasteiger partial charge in [-0.25, -0.2) is 4.79 Å². The van der Waals surface area contributed by atoms with Gasteiger partial charge >= 0.3 is 6.03 Å². The van der Waals surface area contributed by atoms with E-state index in [0.717, 1.165) is 0 Å². The molecule has 0 fully saturated rings. The zero-order chi connectivity index (χ0) is 15.1. The van der Waals surface area contributed by atoms with Gasteiger partial charge in [0.15, 0.2) is 11.5 Å². The molecule has 1 heterocycles. The van der Waals surface area contributed by atoms with Crippen molar-refractivity contribution in [1.82, 2.24) is 4.98 Å². The maximum absolute atomic E-state index is 11.5. The molecular weight excluding hydrogens is 270 g/mol. The first-order valence-corrected chi connectivity index (χ1v) is 6.36. The molecule has 1 aromatic heterocycles. The highest BCUT2D eigenvalue weighted by molar-refractivity contribution is 5.90. The minimum absolute atomic E-state index is 0.283. The van der Waals surface area contributed by atoms with Crippen molar-refractivity contribution in [1.29, 1.82) is 0 Å². The fourth-order valence-electron chi connectivity index (χ4n) is 1.82. The predicted molar refractivity (Wildman–Crippen MR) is 78.5 cm³/mol. The van der Waals surface area contributed by atoms with Crippen LogP contribution in [0.15, 0.2) is 42.7 Å². The van der Waals surface area contributed by atoms with E-state index in [1.807, 2.05) is 0 Å². The van der Waals surface area contributed by atoms with Gasteiger partial charge in [0.25, 0.3) is 0 Å². The first-order chi connectivity index (χ1) is 10.2. The molecule has 1 radical (unpaired) electrons. The lowest BCUT2D eigenvalue weighted by Gasteiger charge is -2.20. The SMILES string of the molecule is COc1c[c]ccc1OCCN(C(N)=O)c1ccncc1. The van der Waals surface area contributed by atoms with Crippen molar-refractivity contribution in [2.75, 3.05) is 25.2 Å². The van der Waals surface area contributed by atoms with Gasteiger partial charge in [-0.2, -0.15) is 0 Å². The summed E-state index contributed by atoms with van der Waals surface area (Å²) in [5, 5.41) is 0. The molecule has 2 rings (SSSR count). The molecule has 0 unspecified atom stereocenters. The van der Waals surface area contributed by atoms with E-state index in [9.17, 15) is 4.79 Å². The van der Waals surface area contributed by atoms with Gasteiger partial charge in [0.05, 0.1) is 13.7 Å². The molecule has 0 aliphatic carbocycles. The van der Waals surface area contributed by atoms with Crippen LogP contribution >= 0.6 is 0 Å². The van der Waals surface area contributed by atoms with Crippen molar-refractivity contribution in [2.24, 2.45) is 5.73 Å². The Morgan fingerprint density at radius 2 is 2.10 bits per heavy atom. The van der Waals surface area contributed by atoms with E-state index < -0.39 is 6.03 Å². The van der Waals surface area contributed by atoms with Crippen LogP contribution in [0.5, 0.6) is 11.5 Å². The van der Waals surface area contributed by atoms with Crippen molar-refractivity contribution < 1.29 is 14.3 Å². The van der Waals surface area contributed by atoms with Crippen LogP contribution in [0.4, 0.5) is 10.5 Å². The van der Waals surface area contributed by atoms with Crippen LogP contribution in [0, 0.1) is 6.07 Å². The molecule has 0 saturated heterocycles. The first-order valence-electron chi connectivity index (χ1n) is 6.36. The topological polar surface area (TPSA) is 77.7 Å². The average Bonchev–Trinajstić information content (AvgIpc) is 2.52. The van der Waals surface area contributed by atoms with Crippen molar-refractivity contribution in [3.8, 4) is 11.5 Å². The molecule has 0 aliphatic rings. The van der Waals surface area contributed by atoms with Gasteiger partial charge in [0, 0.05) is 18.1 Å². The van der Waals surface area contributed by atoms with Crippen molar-refractivity contribution >= 4 is 11.7 Å². The smallest absolute Gasteiger partial charge is 0.319 e. The zero-order valence-corrected chi connectivity index (χ0v) is 11.7. The highest BCUT2D eigenvalue weighted by Crippen LogP contribution is 2.25. The molecule has 0 bridgehead atoms. The Balaban J connectivity index is 1.99. The number of primary amides is 1.